The number of rotatable bonds is 5. The molecule has 0 spiro atoms. The van der Waals surface area contributed by atoms with Gasteiger partial charge < -0.3 is 14.4 Å². The molecule has 0 aromatic heterocycles. The molecule has 4 nitrogen and oxygen atoms in total. The number of ether oxygens (including phenoxy) is 2. The van der Waals surface area contributed by atoms with E-state index in [1.807, 2.05) is 49.4 Å². The van der Waals surface area contributed by atoms with E-state index in [-0.39, 0.29) is 5.91 Å². The van der Waals surface area contributed by atoms with Gasteiger partial charge in [0, 0.05) is 17.5 Å². The van der Waals surface area contributed by atoms with Gasteiger partial charge in [0.25, 0.3) is 5.91 Å². The van der Waals surface area contributed by atoms with Crippen LogP contribution in [0.1, 0.15) is 17.3 Å². The summed E-state index contributed by atoms with van der Waals surface area (Å²) in [7, 11) is 3.14. The largest absolute Gasteiger partial charge is 0.493 e. The Morgan fingerprint density at radius 2 is 1.64 bits per heavy atom. The zero-order valence-corrected chi connectivity index (χ0v) is 14.7. The Hall–Kier alpha value is -3.01. The first kappa shape index (κ1) is 16.8. The third-order valence-electron chi connectivity index (χ3n) is 4.25. The Bertz CT molecular complexity index is 899. The van der Waals surface area contributed by atoms with E-state index in [1.165, 1.54) is 0 Å². The van der Waals surface area contributed by atoms with Gasteiger partial charge >= 0.3 is 0 Å². The van der Waals surface area contributed by atoms with E-state index in [0.29, 0.717) is 23.6 Å². The zero-order chi connectivity index (χ0) is 17.8. The Kier molecular flexibility index (Phi) is 4.89. The van der Waals surface area contributed by atoms with Gasteiger partial charge in [0.1, 0.15) is 0 Å². The van der Waals surface area contributed by atoms with Crippen molar-refractivity contribution in [2.75, 3.05) is 25.7 Å². The van der Waals surface area contributed by atoms with E-state index in [9.17, 15) is 4.79 Å². The standard InChI is InChI=1S/C21H21NO3/c1-4-22(18-11-7-9-15-8-5-6-10-17(15)18)21(23)16-12-13-19(24-2)20(14-16)25-3/h5-14H,4H2,1-3H3. The quantitative estimate of drug-likeness (QED) is 0.688. The van der Waals surface area contributed by atoms with Crippen molar-refractivity contribution in [1.82, 2.24) is 0 Å². The van der Waals surface area contributed by atoms with Crippen molar-refractivity contribution in [3.63, 3.8) is 0 Å². The van der Waals surface area contributed by atoms with Crippen molar-refractivity contribution in [2.45, 2.75) is 6.92 Å². The monoisotopic (exact) mass is 335 g/mol. The third kappa shape index (κ3) is 3.15. The maximum absolute atomic E-state index is 13.1. The molecule has 0 aliphatic heterocycles. The molecule has 0 atom stereocenters. The Morgan fingerprint density at radius 1 is 0.920 bits per heavy atom. The van der Waals surface area contributed by atoms with Crippen LogP contribution in [0.4, 0.5) is 5.69 Å². The lowest BCUT2D eigenvalue weighted by Gasteiger charge is -2.23. The van der Waals surface area contributed by atoms with E-state index >= 15 is 0 Å². The highest BCUT2D eigenvalue weighted by Crippen LogP contribution is 2.31. The third-order valence-corrected chi connectivity index (χ3v) is 4.25. The van der Waals surface area contributed by atoms with Crippen LogP contribution in [0.5, 0.6) is 11.5 Å². The van der Waals surface area contributed by atoms with Crippen molar-refractivity contribution >= 4 is 22.4 Å². The normalized spacial score (nSPS) is 10.5. The van der Waals surface area contributed by atoms with Crippen LogP contribution in [-0.4, -0.2) is 26.7 Å². The molecule has 0 aliphatic rings. The Labute approximate surface area is 147 Å². The van der Waals surface area contributed by atoms with E-state index in [2.05, 4.69) is 0 Å². The van der Waals surface area contributed by atoms with Crippen molar-refractivity contribution in [3.8, 4) is 11.5 Å². The predicted molar refractivity (Wildman–Crippen MR) is 101 cm³/mol. The smallest absolute Gasteiger partial charge is 0.258 e. The molecule has 0 aliphatic carbocycles. The first-order valence-electron chi connectivity index (χ1n) is 8.21. The molecule has 3 aromatic carbocycles. The summed E-state index contributed by atoms with van der Waals surface area (Å²) in [5.41, 5.74) is 1.47. The number of hydrogen-bond acceptors (Lipinski definition) is 3. The topological polar surface area (TPSA) is 38.8 Å². The van der Waals surface area contributed by atoms with Gasteiger partial charge in [-0.2, -0.15) is 0 Å². The molecule has 0 radical (unpaired) electrons. The lowest BCUT2D eigenvalue weighted by atomic mass is 10.1. The molecule has 0 saturated heterocycles. The molecule has 0 heterocycles. The molecule has 3 rings (SSSR count). The number of methoxy groups -OCH3 is 2. The first-order chi connectivity index (χ1) is 12.2. The van der Waals surface area contributed by atoms with Crippen LogP contribution in [0, 0.1) is 0 Å². The summed E-state index contributed by atoms with van der Waals surface area (Å²) >= 11 is 0. The van der Waals surface area contributed by atoms with Crippen LogP contribution in [0.25, 0.3) is 10.8 Å². The molecule has 4 heteroatoms. The first-order valence-corrected chi connectivity index (χ1v) is 8.21. The number of fused-ring (bicyclic) bond motifs is 1. The summed E-state index contributed by atoms with van der Waals surface area (Å²) in [6.07, 6.45) is 0. The molecule has 0 saturated carbocycles. The van der Waals surface area contributed by atoms with Gasteiger partial charge in [0.05, 0.1) is 19.9 Å². The van der Waals surface area contributed by atoms with Gasteiger partial charge in [-0.25, -0.2) is 0 Å². The number of carbonyl (C=O) groups excluding carboxylic acids is 1. The second-order valence-corrected chi connectivity index (χ2v) is 5.62. The van der Waals surface area contributed by atoms with Gasteiger partial charge in [-0.3, -0.25) is 4.79 Å². The van der Waals surface area contributed by atoms with Crippen molar-refractivity contribution < 1.29 is 14.3 Å². The second-order valence-electron chi connectivity index (χ2n) is 5.62. The van der Waals surface area contributed by atoms with Crippen molar-refractivity contribution in [1.29, 1.82) is 0 Å². The molecule has 0 unspecified atom stereocenters. The summed E-state index contributed by atoms with van der Waals surface area (Å²) in [5, 5.41) is 2.17. The van der Waals surface area contributed by atoms with Gasteiger partial charge in [-0.1, -0.05) is 36.4 Å². The summed E-state index contributed by atoms with van der Waals surface area (Å²) in [6, 6.07) is 19.3. The maximum atomic E-state index is 13.1. The average molecular weight is 335 g/mol. The van der Waals surface area contributed by atoms with Crippen LogP contribution >= 0.6 is 0 Å². The number of nitrogens with zero attached hydrogens (tertiary/aromatic N) is 1. The molecule has 0 bridgehead atoms. The molecule has 0 N–H and O–H groups in total. The summed E-state index contributed by atoms with van der Waals surface area (Å²) in [5.74, 6) is 1.08. The van der Waals surface area contributed by atoms with E-state index < -0.39 is 0 Å². The summed E-state index contributed by atoms with van der Waals surface area (Å²) in [4.78, 5) is 14.9. The zero-order valence-electron chi connectivity index (χ0n) is 14.7. The van der Waals surface area contributed by atoms with Crippen LogP contribution < -0.4 is 14.4 Å². The van der Waals surface area contributed by atoms with Crippen molar-refractivity contribution in [3.05, 3.63) is 66.2 Å². The number of benzene rings is 3. The number of amides is 1. The number of hydrogen-bond donors (Lipinski definition) is 0. The Balaban J connectivity index is 2.04. The second kappa shape index (κ2) is 7.26. The number of carbonyl (C=O) groups is 1. The highest BCUT2D eigenvalue weighted by Gasteiger charge is 2.19. The number of anilines is 1. The van der Waals surface area contributed by atoms with Gasteiger partial charge in [0.15, 0.2) is 11.5 Å². The molecular formula is C21H21NO3. The van der Waals surface area contributed by atoms with Crippen LogP contribution in [0.15, 0.2) is 60.7 Å². The van der Waals surface area contributed by atoms with Gasteiger partial charge in [-0.05, 0) is 36.6 Å². The fourth-order valence-corrected chi connectivity index (χ4v) is 2.99. The van der Waals surface area contributed by atoms with E-state index in [4.69, 9.17) is 9.47 Å². The maximum Gasteiger partial charge on any atom is 0.258 e. The van der Waals surface area contributed by atoms with E-state index in [1.54, 1.807) is 37.3 Å². The highest BCUT2D eigenvalue weighted by atomic mass is 16.5. The Morgan fingerprint density at radius 3 is 2.36 bits per heavy atom. The lowest BCUT2D eigenvalue weighted by molar-refractivity contribution is 0.0988. The van der Waals surface area contributed by atoms with Crippen LogP contribution in [-0.2, 0) is 0 Å². The molecular weight excluding hydrogens is 314 g/mol. The minimum absolute atomic E-state index is 0.0696. The SMILES string of the molecule is CCN(C(=O)c1ccc(OC)c(OC)c1)c1cccc2ccccc12. The van der Waals surface area contributed by atoms with Gasteiger partial charge in [0.2, 0.25) is 0 Å². The van der Waals surface area contributed by atoms with Gasteiger partial charge in [-0.15, -0.1) is 0 Å². The minimum Gasteiger partial charge on any atom is -0.493 e. The summed E-state index contributed by atoms with van der Waals surface area (Å²) in [6.45, 7) is 2.54. The molecule has 3 aromatic rings. The summed E-state index contributed by atoms with van der Waals surface area (Å²) < 4.78 is 10.6. The predicted octanol–water partition coefficient (Wildman–Crippen LogP) is 4.52. The van der Waals surface area contributed by atoms with E-state index in [0.717, 1.165) is 16.5 Å². The molecule has 128 valence electrons. The fraction of sp³-hybridized carbons (Fsp3) is 0.190. The molecule has 25 heavy (non-hydrogen) atoms. The van der Waals surface area contributed by atoms with Crippen LogP contribution in [0.2, 0.25) is 0 Å². The van der Waals surface area contributed by atoms with Crippen molar-refractivity contribution in [2.24, 2.45) is 0 Å². The molecule has 1 amide bonds. The fourth-order valence-electron chi connectivity index (χ4n) is 2.99. The molecule has 0 fully saturated rings. The van der Waals surface area contributed by atoms with Crippen LogP contribution in [0.3, 0.4) is 0 Å². The lowest BCUT2D eigenvalue weighted by Crippen LogP contribution is -2.30. The minimum atomic E-state index is -0.0696. The average Bonchev–Trinajstić information content (AvgIpc) is 2.68. The highest BCUT2D eigenvalue weighted by molar-refractivity contribution is 6.11.